The molecule has 0 radical (unpaired) electrons. The van der Waals surface area contributed by atoms with E-state index in [9.17, 15) is 0 Å². The lowest BCUT2D eigenvalue weighted by Gasteiger charge is -2.34. The average molecular weight is 188 g/mol. The summed E-state index contributed by atoms with van der Waals surface area (Å²) in [5.74, 6) is 0. The van der Waals surface area contributed by atoms with Crippen molar-refractivity contribution in [3.05, 3.63) is 35.4 Å². The molecule has 0 amide bonds. The maximum Gasteiger partial charge on any atom is 0.210 e. The molecule has 1 aromatic rings. The van der Waals surface area contributed by atoms with Crippen LogP contribution < -0.4 is 0 Å². The number of rotatable bonds is 0. The zero-order valence-electron chi connectivity index (χ0n) is 8.36. The van der Waals surface area contributed by atoms with Gasteiger partial charge in [-0.3, -0.25) is 0 Å². The van der Waals surface area contributed by atoms with Crippen LogP contribution in [0.5, 0.6) is 0 Å². The maximum atomic E-state index is 5.92. The quantitative estimate of drug-likeness (QED) is 0.562. The van der Waals surface area contributed by atoms with Gasteiger partial charge in [-0.15, -0.1) is 0 Å². The second-order valence-corrected chi connectivity index (χ2v) is 4.10. The molecule has 2 heterocycles. The van der Waals surface area contributed by atoms with Crippen LogP contribution in [-0.4, -0.2) is 23.9 Å². The van der Waals surface area contributed by atoms with Gasteiger partial charge >= 0.3 is 0 Å². The van der Waals surface area contributed by atoms with Gasteiger partial charge in [-0.2, -0.15) is 0 Å². The molecule has 3 rings (SSSR count). The van der Waals surface area contributed by atoms with Crippen LogP contribution in [0.2, 0.25) is 0 Å². The molecule has 0 bridgehead atoms. The van der Waals surface area contributed by atoms with E-state index in [1.165, 1.54) is 11.1 Å². The lowest BCUT2D eigenvalue weighted by atomic mass is 9.86. The van der Waals surface area contributed by atoms with Crippen LogP contribution >= 0.6 is 0 Å². The molecule has 2 heteroatoms. The third kappa shape index (κ3) is 0.919. The molecular formula is C12H14NO+. The molecule has 2 aliphatic heterocycles. The second kappa shape index (κ2) is 2.67. The molecular weight excluding hydrogens is 174 g/mol. The van der Waals surface area contributed by atoms with Gasteiger partial charge in [-0.25, -0.2) is 4.58 Å². The summed E-state index contributed by atoms with van der Waals surface area (Å²) in [6.45, 7) is 4.89. The first-order valence-electron chi connectivity index (χ1n) is 5.10. The highest BCUT2D eigenvalue weighted by molar-refractivity contribution is 5.48. The Labute approximate surface area is 83.8 Å². The number of ether oxygens (including phenoxy) is 1. The van der Waals surface area contributed by atoms with Crippen LogP contribution in [0.15, 0.2) is 24.3 Å². The Morgan fingerprint density at radius 3 is 2.93 bits per heavy atom. The number of benzene rings is 1. The summed E-state index contributed by atoms with van der Waals surface area (Å²) in [5.41, 5.74) is 2.78. The fourth-order valence-electron chi connectivity index (χ4n) is 2.44. The van der Waals surface area contributed by atoms with Crippen LogP contribution in [0, 0.1) is 0 Å². The number of hydrogen-bond donors (Lipinski definition) is 0. The van der Waals surface area contributed by atoms with Gasteiger partial charge in [0.2, 0.25) is 5.60 Å². The zero-order chi connectivity index (χ0) is 9.60. The van der Waals surface area contributed by atoms with Crippen molar-refractivity contribution in [3.8, 4) is 0 Å². The summed E-state index contributed by atoms with van der Waals surface area (Å²) < 4.78 is 8.21. The van der Waals surface area contributed by atoms with Crippen molar-refractivity contribution in [2.24, 2.45) is 0 Å². The molecule has 2 aliphatic rings. The third-order valence-electron chi connectivity index (χ3n) is 3.29. The first kappa shape index (κ1) is 8.18. The van der Waals surface area contributed by atoms with E-state index in [-0.39, 0.29) is 5.60 Å². The Kier molecular flexibility index (Phi) is 1.56. The fraction of sp³-hybridized carbons (Fsp3) is 0.417. The Hall–Kier alpha value is -1.15. The van der Waals surface area contributed by atoms with E-state index in [4.69, 9.17) is 4.74 Å². The highest BCUT2D eigenvalue weighted by atomic mass is 16.5. The fourth-order valence-corrected chi connectivity index (χ4v) is 2.44. The van der Waals surface area contributed by atoms with E-state index in [0.29, 0.717) is 0 Å². The third-order valence-corrected chi connectivity index (χ3v) is 3.29. The molecule has 1 aromatic carbocycles. The first-order chi connectivity index (χ1) is 6.84. The predicted octanol–water partition coefficient (Wildman–Crippen LogP) is 1.53. The smallest absolute Gasteiger partial charge is 0.210 e. The Bertz CT molecular complexity index is 401. The molecule has 1 spiro atoms. The minimum atomic E-state index is 0.0170. The normalized spacial score (nSPS) is 28.8. The van der Waals surface area contributed by atoms with Crippen molar-refractivity contribution in [1.29, 1.82) is 0 Å². The van der Waals surface area contributed by atoms with Gasteiger partial charge in [-0.05, 0) is 5.56 Å². The summed E-state index contributed by atoms with van der Waals surface area (Å²) in [6.07, 6.45) is 2.13. The zero-order valence-corrected chi connectivity index (χ0v) is 8.36. The van der Waals surface area contributed by atoms with Crippen molar-refractivity contribution in [3.63, 3.8) is 0 Å². The highest BCUT2D eigenvalue weighted by Crippen LogP contribution is 2.41. The second-order valence-electron chi connectivity index (χ2n) is 4.10. The van der Waals surface area contributed by atoms with Gasteiger partial charge in [0.25, 0.3) is 0 Å². The average Bonchev–Trinajstić information content (AvgIpc) is 2.55. The largest absolute Gasteiger partial charge is 0.353 e. The van der Waals surface area contributed by atoms with Crippen molar-refractivity contribution in [2.75, 3.05) is 13.1 Å². The minimum absolute atomic E-state index is 0.0170. The van der Waals surface area contributed by atoms with Crippen molar-refractivity contribution in [1.82, 2.24) is 0 Å². The van der Waals surface area contributed by atoms with Gasteiger partial charge in [0.1, 0.15) is 6.21 Å². The summed E-state index contributed by atoms with van der Waals surface area (Å²) in [7, 11) is 0. The molecule has 0 N–H and O–H groups in total. The molecule has 1 saturated heterocycles. The number of hydrogen-bond acceptors (Lipinski definition) is 1. The van der Waals surface area contributed by atoms with Crippen LogP contribution in [-0.2, 0) is 16.9 Å². The van der Waals surface area contributed by atoms with E-state index in [0.717, 1.165) is 19.7 Å². The topological polar surface area (TPSA) is 12.2 Å². The van der Waals surface area contributed by atoms with Crippen molar-refractivity contribution >= 4 is 6.21 Å². The Balaban J connectivity index is 2.00. The maximum absolute atomic E-state index is 5.92. The van der Waals surface area contributed by atoms with Crippen molar-refractivity contribution in [2.45, 2.75) is 19.1 Å². The van der Waals surface area contributed by atoms with Gasteiger partial charge < -0.3 is 4.74 Å². The van der Waals surface area contributed by atoms with Crippen LogP contribution in [0.1, 0.15) is 18.1 Å². The Morgan fingerprint density at radius 2 is 2.14 bits per heavy atom. The van der Waals surface area contributed by atoms with Gasteiger partial charge in [0, 0.05) is 12.5 Å². The number of fused-ring (bicyclic) bond motifs is 2. The monoisotopic (exact) mass is 188 g/mol. The first-order valence-corrected chi connectivity index (χ1v) is 5.10. The summed E-state index contributed by atoms with van der Waals surface area (Å²) in [4.78, 5) is 0. The van der Waals surface area contributed by atoms with Crippen molar-refractivity contribution < 1.29 is 9.31 Å². The molecule has 0 atom stereocenters. The molecule has 72 valence electrons. The van der Waals surface area contributed by atoms with Crippen LogP contribution in [0.3, 0.4) is 0 Å². The van der Waals surface area contributed by atoms with E-state index >= 15 is 0 Å². The van der Waals surface area contributed by atoms with Crippen LogP contribution in [0.4, 0.5) is 0 Å². The molecule has 14 heavy (non-hydrogen) atoms. The molecule has 1 fully saturated rings. The standard InChI is InChI=1S/C12H14NO/c1-2-13-8-12(9-13)11-6-4-3-5-10(11)7-14-12/h2-6H,7-9H2,1H3/q+1. The summed E-state index contributed by atoms with van der Waals surface area (Å²) in [6, 6.07) is 8.56. The molecule has 2 nitrogen and oxygen atoms in total. The predicted molar refractivity (Wildman–Crippen MR) is 54.6 cm³/mol. The molecule has 0 aromatic heterocycles. The van der Waals surface area contributed by atoms with E-state index in [2.05, 4.69) is 42.0 Å². The highest BCUT2D eigenvalue weighted by Gasteiger charge is 2.54. The van der Waals surface area contributed by atoms with Gasteiger partial charge in [0.15, 0.2) is 13.1 Å². The van der Waals surface area contributed by atoms with Crippen LogP contribution in [0.25, 0.3) is 0 Å². The Morgan fingerprint density at radius 1 is 1.36 bits per heavy atom. The van der Waals surface area contributed by atoms with E-state index in [1.807, 2.05) is 0 Å². The summed E-state index contributed by atoms with van der Waals surface area (Å²) in [5, 5.41) is 0. The lowest BCUT2D eigenvalue weighted by Crippen LogP contribution is -2.54. The van der Waals surface area contributed by atoms with Gasteiger partial charge in [-0.1, -0.05) is 24.3 Å². The molecule has 0 aliphatic carbocycles. The minimum Gasteiger partial charge on any atom is -0.353 e. The van der Waals surface area contributed by atoms with E-state index < -0.39 is 0 Å². The lowest BCUT2D eigenvalue weighted by molar-refractivity contribution is -0.634. The summed E-state index contributed by atoms with van der Waals surface area (Å²) >= 11 is 0. The SMILES string of the molecule is CC=[N+]1CC2(C1)OCc1ccccc12. The molecule has 0 unspecified atom stereocenters. The van der Waals surface area contributed by atoms with E-state index in [1.54, 1.807) is 0 Å². The molecule has 0 saturated carbocycles. The number of nitrogens with zero attached hydrogens (tertiary/aromatic N) is 1. The van der Waals surface area contributed by atoms with Gasteiger partial charge in [0.05, 0.1) is 6.61 Å².